The van der Waals surface area contributed by atoms with Crippen LogP contribution in [0.3, 0.4) is 0 Å². The van der Waals surface area contributed by atoms with Crippen LogP contribution in [0.25, 0.3) is 16.9 Å². The quantitative estimate of drug-likeness (QED) is 0.295. The minimum Gasteiger partial charge on any atom is -0.402 e. The maximum absolute atomic E-state index is 12.0. The Hall–Kier alpha value is -4.68. The summed E-state index contributed by atoms with van der Waals surface area (Å²) in [5, 5.41) is 16.0. The molecular weight excluding hydrogens is 440 g/mol. The number of imidazole rings is 1. The number of carbonyl (C=O) groups excluding carboxylic acids is 2. The van der Waals surface area contributed by atoms with Crippen molar-refractivity contribution >= 4 is 29.3 Å². The van der Waals surface area contributed by atoms with Gasteiger partial charge in [0.05, 0.1) is 29.5 Å². The van der Waals surface area contributed by atoms with Crippen molar-refractivity contribution in [3.8, 4) is 11.3 Å². The summed E-state index contributed by atoms with van der Waals surface area (Å²) < 4.78 is 8.87. The van der Waals surface area contributed by atoms with Crippen LogP contribution in [0.2, 0.25) is 0 Å². The Balaban J connectivity index is 1.57. The van der Waals surface area contributed by atoms with Gasteiger partial charge in [-0.05, 0) is 13.8 Å². The number of nitrogens with two attached hydrogens (primary N) is 1. The average molecular weight is 464 g/mol. The summed E-state index contributed by atoms with van der Waals surface area (Å²) in [5.74, 6) is 0.298. The van der Waals surface area contributed by atoms with Crippen molar-refractivity contribution in [2.24, 2.45) is 12.8 Å². The SMILES string of the molecule is CC(N)=CC(=O)NC(=O)NCCc1cn2c(-c3cnn(C)c3)cnc2c(Nc2cc(C)no2)n1. The zero-order chi connectivity index (χ0) is 24.2. The summed E-state index contributed by atoms with van der Waals surface area (Å²) in [6.45, 7) is 3.61. The Morgan fingerprint density at radius 2 is 2.09 bits per heavy atom. The lowest BCUT2D eigenvalue weighted by molar-refractivity contribution is -0.115. The van der Waals surface area contributed by atoms with Gasteiger partial charge >= 0.3 is 6.03 Å². The molecular formula is C21H24N10O3. The van der Waals surface area contributed by atoms with E-state index in [4.69, 9.17) is 10.3 Å². The van der Waals surface area contributed by atoms with Gasteiger partial charge in [-0.1, -0.05) is 5.16 Å². The highest BCUT2D eigenvalue weighted by Crippen LogP contribution is 2.26. The van der Waals surface area contributed by atoms with Crippen LogP contribution in [0.4, 0.5) is 16.5 Å². The van der Waals surface area contributed by atoms with E-state index in [0.29, 0.717) is 35.2 Å². The van der Waals surface area contributed by atoms with E-state index in [1.54, 1.807) is 30.1 Å². The number of aromatic nitrogens is 6. The van der Waals surface area contributed by atoms with Gasteiger partial charge in [-0.25, -0.2) is 14.8 Å². The van der Waals surface area contributed by atoms with Crippen LogP contribution in [-0.2, 0) is 18.3 Å². The van der Waals surface area contributed by atoms with E-state index in [-0.39, 0.29) is 6.54 Å². The number of carbonyl (C=O) groups is 2. The fraction of sp³-hybridized carbons (Fsp3) is 0.238. The van der Waals surface area contributed by atoms with E-state index in [0.717, 1.165) is 23.0 Å². The normalized spacial score (nSPS) is 11.6. The van der Waals surface area contributed by atoms with Gasteiger partial charge in [0.15, 0.2) is 11.5 Å². The van der Waals surface area contributed by atoms with E-state index in [1.807, 2.05) is 30.8 Å². The van der Waals surface area contributed by atoms with Gasteiger partial charge in [-0.2, -0.15) is 5.10 Å². The van der Waals surface area contributed by atoms with Crippen LogP contribution in [-0.4, -0.2) is 47.8 Å². The van der Waals surface area contributed by atoms with Crippen molar-refractivity contribution in [1.82, 2.24) is 39.9 Å². The standard InChI is InChI=1S/C21H24N10O3/c1-12(22)6-17(32)27-21(33)23-5-4-15-11-31-16(14-8-25-30(3)10-14)9-24-20(31)19(26-15)28-18-7-13(2)29-34-18/h6-11H,4-5,22H2,1-3H3,(H,26,28)(H2,23,27,32,33). The molecule has 0 unspecified atom stereocenters. The van der Waals surface area contributed by atoms with Gasteiger partial charge in [0.2, 0.25) is 5.88 Å². The third-order valence-corrected chi connectivity index (χ3v) is 4.67. The zero-order valence-corrected chi connectivity index (χ0v) is 18.9. The lowest BCUT2D eigenvalue weighted by atomic mass is 10.2. The predicted molar refractivity (Wildman–Crippen MR) is 123 cm³/mol. The Kier molecular flexibility index (Phi) is 6.25. The highest BCUT2D eigenvalue weighted by molar-refractivity contribution is 6.00. The summed E-state index contributed by atoms with van der Waals surface area (Å²) in [5.41, 5.74) is 9.41. The molecule has 0 aliphatic rings. The Bertz CT molecular complexity index is 1380. The molecule has 0 spiro atoms. The summed E-state index contributed by atoms with van der Waals surface area (Å²) in [6.07, 6.45) is 8.73. The molecule has 0 aliphatic heterocycles. The molecule has 0 aliphatic carbocycles. The van der Waals surface area contributed by atoms with Crippen molar-refractivity contribution < 1.29 is 14.1 Å². The lowest BCUT2D eigenvalue weighted by Crippen LogP contribution is -2.39. The van der Waals surface area contributed by atoms with Gasteiger partial charge in [-0.3, -0.25) is 19.2 Å². The van der Waals surface area contributed by atoms with Crippen LogP contribution in [0.15, 0.2) is 47.1 Å². The Morgan fingerprint density at radius 3 is 2.76 bits per heavy atom. The summed E-state index contributed by atoms with van der Waals surface area (Å²) >= 11 is 0. The fourth-order valence-corrected chi connectivity index (χ4v) is 3.25. The topological polar surface area (TPSA) is 170 Å². The number of allylic oxidation sites excluding steroid dienone is 1. The van der Waals surface area contributed by atoms with Gasteiger partial charge < -0.3 is 20.9 Å². The van der Waals surface area contributed by atoms with Gasteiger partial charge in [-0.15, -0.1) is 0 Å². The Morgan fingerprint density at radius 1 is 1.26 bits per heavy atom. The van der Waals surface area contributed by atoms with Crippen LogP contribution in [0, 0.1) is 6.92 Å². The summed E-state index contributed by atoms with van der Waals surface area (Å²) in [7, 11) is 1.84. The van der Waals surface area contributed by atoms with E-state index >= 15 is 0 Å². The smallest absolute Gasteiger partial charge is 0.321 e. The molecule has 0 atom stereocenters. The number of anilines is 2. The molecule has 3 amide bonds. The molecule has 4 heterocycles. The molecule has 4 aromatic heterocycles. The predicted octanol–water partition coefficient (Wildman–Crippen LogP) is 1.40. The minimum absolute atomic E-state index is 0.237. The van der Waals surface area contributed by atoms with Crippen molar-refractivity contribution in [3.05, 3.63) is 54.0 Å². The number of nitrogens with one attached hydrogen (secondary N) is 3. The van der Waals surface area contributed by atoms with Gasteiger partial charge in [0, 0.05) is 55.8 Å². The number of amides is 3. The zero-order valence-electron chi connectivity index (χ0n) is 18.9. The maximum Gasteiger partial charge on any atom is 0.321 e. The van der Waals surface area contributed by atoms with Crippen LogP contribution in [0.1, 0.15) is 18.3 Å². The molecule has 4 rings (SSSR count). The number of hydrogen-bond acceptors (Lipinski definition) is 9. The molecule has 13 nitrogen and oxygen atoms in total. The molecule has 34 heavy (non-hydrogen) atoms. The van der Waals surface area contributed by atoms with E-state index in [9.17, 15) is 9.59 Å². The second-order valence-electron chi connectivity index (χ2n) is 7.66. The molecule has 0 bridgehead atoms. The third-order valence-electron chi connectivity index (χ3n) is 4.67. The number of rotatable bonds is 7. The largest absolute Gasteiger partial charge is 0.402 e. The number of urea groups is 1. The molecule has 0 radical (unpaired) electrons. The summed E-state index contributed by atoms with van der Waals surface area (Å²) in [4.78, 5) is 32.8. The molecule has 4 aromatic rings. The van der Waals surface area contributed by atoms with E-state index in [2.05, 4.69) is 36.2 Å². The monoisotopic (exact) mass is 464 g/mol. The minimum atomic E-state index is -0.627. The van der Waals surface area contributed by atoms with Crippen LogP contribution in [0.5, 0.6) is 0 Å². The highest BCUT2D eigenvalue weighted by Gasteiger charge is 2.16. The number of imide groups is 1. The Labute approximate surface area is 194 Å². The van der Waals surface area contributed by atoms with Crippen molar-refractivity contribution in [2.75, 3.05) is 11.9 Å². The van der Waals surface area contributed by atoms with Crippen molar-refractivity contribution in [3.63, 3.8) is 0 Å². The first kappa shape index (κ1) is 22.5. The van der Waals surface area contributed by atoms with Gasteiger partial charge in [0.1, 0.15) is 0 Å². The number of fused-ring (bicyclic) bond motifs is 1. The van der Waals surface area contributed by atoms with Crippen LogP contribution >= 0.6 is 0 Å². The molecule has 0 aromatic carbocycles. The number of nitrogens with zero attached hydrogens (tertiary/aromatic N) is 6. The third kappa shape index (κ3) is 5.20. The van der Waals surface area contributed by atoms with Crippen LogP contribution < -0.4 is 21.7 Å². The van der Waals surface area contributed by atoms with Gasteiger partial charge in [0.25, 0.3) is 5.91 Å². The molecule has 13 heteroatoms. The number of hydrogen-bond donors (Lipinski definition) is 4. The van der Waals surface area contributed by atoms with E-state index < -0.39 is 11.9 Å². The second-order valence-corrected chi connectivity index (χ2v) is 7.66. The molecule has 176 valence electrons. The first-order valence-electron chi connectivity index (χ1n) is 10.4. The highest BCUT2D eigenvalue weighted by atomic mass is 16.5. The maximum atomic E-state index is 12.0. The first-order chi connectivity index (χ1) is 16.3. The number of aryl methyl sites for hydroxylation is 2. The lowest BCUT2D eigenvalue weighted by Gasteiger charge is -2.10. The molecule has 0 fully saturated rings. The second kappa shape index (κ2) is 9.44. The summed E-state index contributed by atoms with van der Waals surface area (Å²) in [6, 6.07) is 1.12. The molecule has 0 saturated carbocycles. The van der Waals surface area contributed by atoms with Crippen molar-refractivity contribution in [1.29, 1.82) is 0 Å². The average Bonchev–Trinajstić information content (AvgIpc) is 3.47. The fourth-order valence-electron chi connectivity index (χ4n) is 3.25. The molecule has 5 N–H and O–H groups in total. The van der Waals surface area contributed by atoms with E-state index in [1.165, 1.54) is 0 Å². The molecule has 0 saturated heterocycles. The first-order valence-corrected chi connectivity index (χ1v) is 10.4. The van der Waals surface area contributed by atoms with Crippen molar-refractivity contribution in [2.45, 2.75) is 20.3 Å².